The van der Waals surface area contributed by atoms with Crippen LogP contribution in [0.3, 0.4) is 0 Å². The highest BCUT2D eigenvalue weighted by molar-refractivity contribution is 14.1. The van der Waals surface area contributed by atoms with E-state index in [2.05, 4.69) is 22.6 Å². The first kappa shape index (κ1) is 7.86. The molecule has 0 heterocycles. The van der Waals surface area contributed by atoms with Gasteiger partial charge in [0.15, 0.2) is 0 Å². The second-order valence-corrected chi connectivity index (χ2v) is 3.81. The summed E-state index contributed by atoms with van der Waals surface area (Å²) in [4.78, 5) is 0. The van der Waals surface area contributed by atoms with Gasteiger partial charge < -0.3 is 5.11 Å². The molecule has 0 aliphatic rings. The Kier molecular flexibility index (Phi) is 1.92. The topological polar surface area (TPSA) is 20.2 Å². The molecule has 1 N–H and O–H groups in total. The lowest BCUT2D eigenvalue weighted by molar-refractivity contribution is 0.476. The summed E-state index contributed by atoms with van der Waals surface area (Å²) in [7, 11) is 0. The fourth-order valence-corrected chi connectivity index (χ4v) is 1.90. The average molecular weight is 270 g/mol. The summed E-state index contributed by atoms with van der Waals surface area (Å²) >= 11 is 2.26. The van der Waals surface area contributed by atoms with Crippen LogP contribution in [0.1, 0.15) is 0 Å². The molecule has 0 aliphatic carbocycles. The summed E-state index contributed by atoms with van der Waals surface area (Å²) in [5, 5.41) is 11.5. The van der Waals surface area contributed by atoms with Gasteiger partial charge in [0.25, 0.3) is 0 Å². The maximum atomic E-state index is 9.25. The van der Waals surface area contributed by atoms with Crippen LogP contribution in [0.15, 0.2) is 36.4 Å². The zero-order valence-electron chi connectivity index (χ0n) is 6.29. The van der Waals surface area contributed by atoms with Crippen molar-refractivity contribution in [2.75, 3.05) is 0 Å². The molecule has 60 valence electrons. The Bertz CT molecular complexity index is 423. The SMILES string of the molecule is Oc1ccc2cccc(I)c2c1. The molecule has 0 bridgehead atoms. The van der Waals surface area contributed by atoms with Gasteiger partial charge in [-0.2, -0.15) is 0 Å². The Labute approximate surface area is 84.2 Å². The van der Waals surface area contributed by atoms with E-state index in [1.807, 2.05) is 24.3 Å². The second kappa shape index (κ2) is 2.94. The summed E-state index contributed by atoms with van der Waals surface area (Å²) in [5.74, 6) is 0.326. The number of phenolic OH excluding ortho intramolecular Hbond substituents is 1. The minimum atomic E-state index is 0.326. The highest BCUT2D eigenvalue weighted by Gasteiger charge is 1.97. The van der Waals surface area contributed by atoms with Gasteiger partial charge in [-0.15, -0.1) is 0 Å². The Morgan fingerprint density at radius 1 is 1.08 bits per heavy atom. The third-order valence-electron chi connectivity index (χ3n) is 1.81. The molecule has 0 unspecified atom stereocenters. The van der Waals surface area contributed by atoms with Crippen LogP contribution in [-0.4, -0.2) is 5.11 Å². The lowest BCUT2D eigenvalue weighted by Gasteiger charge is -2.00. The number of rotatable bonds is 0. The fourth-order valence-electron chi connectivity index (χ4n) is 1.22. The van der Waals surface area contributed by atoms with Crippen LogP contribution >= 0.6 is 22.6 Å². The maximum Gasteiger partial charge on any atom is 0.116 e. The first-order valence-electron chi connectivity index (χ1n) is 3.64. The molecule has 2 rings (SSSR count). The normalized spacial score (nSPS) is 10.4. The van der Waals surface area contributed by atoms with E-state index in [4.69, 9.17) is 0 Å². The van der Waals surface area contributed by atoms with Crippen molar-refractivity contribution < 1.29 is 5.11 Å². The molecule has 2 aromatic rings. The number of hydrogen-bond acceptors (Lipinski definition) is 1. The van der Waals surface area contributed by atoms with E-state index in [1.165, 1.54) is 8.96 Å². The smallest absolute Gasteiger partial charge is 0.116 e. The van der Waals surface area contributed by atoms with Crippen molar-refractivity contribution in [1.82, 2.24) is 0 Å². The molecule has 0 aromatic heterocycles. The van der Waals surface area contributed by atoms with Crippen molar-refractivity contribution in [3.63, 3.8) is 0 Å². The predicted octanol–water partition coefficient (Wildman–Crippen LogP) is 3.15. The molecule has 0 saturated carbocycles. The minimum Gasteiger partial charge on any atom is -0.508 e. The number of benzene rings is 2. The van der Waals surface area contributed by atoms with E-state index in [0.717, 1.165) is 5.39 Å². The number of halogens is 1. The number of phenols is 1. The van der Waals surface area contributed by atoms with Gasteiger partial charge in [-0.1, -0.05) is 18.2 Å². The number of hydrogen-bond donors (Lipinski definition) is 1. The van der Waals surface area contributed by atoms with Crippen molar-refractivity contribution in [2.24, 2.45) is 0 Å². The van der Waals surface area contributed by atoms with Crippen molar-refractivity contribution >= 4 is 33.4 Å². The lowest BCUT2D eigenvalue weighted by Crippen LogP contribution is -1.76. The van der Waals surface area contributed by atoms with Crippen LogP contribution in [-0.2, 0) is 0 Å². The van der Waals surface area contributed by atoms with Crippen LogP contribution in [0.2, 0.25) is 0 Å². The molecule has 2 heteroatoms. The molecular formula is C10H7IO. The quantitative estimate of drug-likeness (QED) is 0.729. The van der Waals surface area contributed by atoms with Gasteiger partial charge >= 0.3 is 0 Å². The predicted molar refractivity (Wildman–Crippen MR) is 58.3 cm³/mol. The standard InChI is InChI=1S/C10H7IO/c11-10-3-1-2-7-4-5-8(12)6-9(7)10/h1-6,12H. The van der Waals surface area contributed by atoms with Gasteiger partial charge in [-0.05, 0) is 51.6 Å². The van der Waals surface area contributed by atoms with E-state index >= 15 is 0 Å². The third kappa shape index (κ3) is 1.27. The Morgan fingerprint density at radius 3 is 2.75 bits per heavy atom. The monoisotopic (exact) mass is 270 g/mol. The van der Waals surface area contributed by atoms with Crippen LogP contribution in [0.25, 0.3) is 10.8 Å². The molecule has 1 nitrogen and oxygen atoms in total. The molecule has 0 saturated heterocycles. The molecule has 0 amide bonds. The first-order valence-corrected chi connectivity index (χ1v) is 4.72. The van der Waals surface area contributed by atoms with E-state index < -0.39 is 0 Å². The average Bonchev–Trinajstić information content (AvgIpc) is 2.07. The Balaban J connectivity index is 2.88. The van der Waals surface area contributed by atoms with Gasteiger partial charge in [0, 0.05) is 3.57 Å². The van der Waals surface area contributed by atoms with Gasteiger partial charge in [0.2, 0.25) is 0 Å². The summed E-state index contributed by atoms with van der Waals surface area (Å²) in [6.07, 6.45) is 0. The van der Waals surface area contributed by atoms with Crippen LogP contribution in [0, 0.1) is 3.57 Å². The maximum absolute atomic E-state index is 9.25. The Hall–Kier alpha value is -0.770. The van der Waals surface area contributed by atoms with Crippen LogP contribution in [0.4, 0.5) is 0 Å². The largest absolute Gasteiger partial charge is 0.508 e. The number of fused-ring (bicyclic) bond motifs is 1. The van der Waals surface area contributed by atoms with E-state index in [1.54, 1.807) is 12.1 Å². The summed E-state index contributed by atoms with van der Waals surface area (Å²) < 4.78 is 1.17. The van der Waals surface area contributed by atoms with Gasteiger partial charge in [0.1, 0.15) is 5.75 Å². The summed E-state index contributed by atoms with van der Waals surface area (Å²) in [6, 6.07) is 11.5. The number of aromatic hydroxyl groups is 1. The summed E-state index contributed by atoms with van der Waals surface area (Å²) in [5.41, 5.74) is 0. The van der Waals surface area contributed by atoms with Gasteiger partial charge in [-0.3, -0.25) is 0 Å². The highest BCUT2D eigenvalue weighted by atomic mass is 127. The van der Waals surface area contributed by atoms with Crippen LogP contribution in [0.5, 0.6) is 5.75 Å². The molecule has 0 radical (unpaired) electrons. The van der Waals surface area contributed by atoms with Crippen LogP contribution < -0.4 is 0 Å². The zero-order valence-corrected chi connectivity index (χ0v) is 8.45. The fraction of sp³-hybridized carbons (Fsp3) is 0. The Morgan fingerprint density at radius 2 is 1.92 bits per heavy atom. The van der Waals surface area contributed by atoms with Crippen molar-refractivity contribution in [2.45, 2.75) is 0 Å². The minimum absolute atomic E-state index is 0.326. The molecular weight excluding hydrogens is 263 g/mol. The van der Waals surface area contributed by atoms with Crippen molar-refractivity contribution in [3.8, 4) is 5.75 Å². The molecule has 2 aromatic carbocycles. The molecule has 0 fully saturated rings. The van der Waals surface area contributed by atoms with Crippen molar-refractivity contribution in [1.29, 1.82) is 0 Å². The van der Waals surface area contributed by atoms with Gasteiger partial charge in [0.05, 0.1) is 0 Å². The molecule has 12 heavy (non-hydrogen) atoms. The van der Waals surface area contributed by atoms with E-state index in [0.29, 0.717) is 5.75 Å². The van der Waals surface area contributed by atoms with E-state index in [-0.39, 0.29) is 0 Å². The zero-order chi connectivity index (χ0) is 8.55. The molecule has 0 atom stereocenters. The van der Waals surface area contributed by atoms with Gasteiger partial charge in [-0.25, -0.2) is 0 Å². The summed E-state index contributed by atoms with van der Waals surface area (Å²) in [6.45, 7) is 0. The van der Waals surface area contributed by atoms with E-state index in [9.17, 15) is 5.11 Å². The van der Waals surface area contributed by atoms with Crippen molar-refractivity contribution in [3.05, 3.63) is 40.0 Å². The lowest BCUT2D eigenvalue weighted by atomic mass is 10.1. The molecule has 0 aliphatic heterocycles. The second-order valence-electron chi connectivity index (χ2n) is 2.65. The highest BCUT2D eigenvalue weighted by Crippen LogP contribution is 2.24. The molecule has 0 spiro atoms. The third-order valence-corrected chi connectivity index (χ3v) is 2.75. The first-order chi connectivity index (χ1) is 5.77.